The molecule has 22 heavy (non-hydrogen) atoms. The molecule has 1 aromatic heterocycles. The summed E-state index contributed by atoms with van der Waals surface area (Å²) in [7, 11) is 0. The number of carbonyl (C=O) groups is 2. The standard InChI is InChI=1S/C16H18N2O4/c19-15(18-12-4-2-1-3-5-12)9-21-16(20)11-6-7-13-14(8-11)22-10-17-13/h6-8,10,12H,1-5,9H2,(H,18,19). The maximum Gasteiger partial charge on any atom is 0.338 e. The van der Waals surface area contributed by atoms with Crippen molar-refractivity contribution < 1.29 is 18.7 Å². The van der Waals surface area contributed by atoms with Crippen LogP contribution in [0.4, 0.5) is 0 Å². The van der Waals surface area contributed by atoms with Crippen LogP contribution in [0.25, 0.3) is 11.1 Å². The lowest BCUT2D eigenvalue weighted by Gasteiger charge is -2.22. The molecule has 0 atom stereocenters. The first-order chi connectivity index (χ1) is 10.7. The van der Waals surface area contributed by atoms with Gasteiger partial charge in [-0.1, -0.05) is 19.3 Å². The minimum Gasteiger partial charge on any atom is -0.452 e. The van der Waals surface area contributed by atoms with Crippen molar-refractivity contribution >= 4 is 23.0 Å². The van der Waals surface area contributed by atoms with E-state index in [0.717, 1.165) is 25.7 Å². The summed E-state index contributed by atoms with van der Waals surface area (Å²) >= 11 is 0. The molecule has 0 bridgehead atoms. The number of aromatic nitrogens is 1. The van der Waals surface area contributed by atoms with Crippen LogP contribution in [0, 0.1) is 0 Å². The van der Waals surface area contributed by atoms with Gasteiger partial charge in [0.15, 0.2) is 18.6 Å². The number of fused-ring (bicyclic) bond motifs is 1. The lowest BCUT2D eigenvalue weighted by Crippen LogP contribution is -2.38. The van der Waals surface area contributed by atoms with Gasteiger partial charge in [-0.15, -0.1) is 0 Å². The Kier molecular flexibility index (Phi) is 4.37. The van der Waals surface area contributed by atoms with Gasteiger partial charge >= 0.3 is 5.97 Å². The third kappa shape index (κ3) is 3.44. The van der Waals surface area contributed by atoms with Crippen LogP contribution in [0.5, 0.6) is 0 Å². The first-order valence-electron chi connectivity index (χ1n) is 7.52. The molecule has 1 saturated carbocycles. The number of rotatable bonds is 4. The Morgan fingerprint density at radius 1 is 1.27 bits per heavy atom. The molecular weight excluding hydrogens is 284 g/mol. The molecule has 1 aliphatic rings. The summed E-state index contributed by atoms with van der Waals surface area (Å²) in [6.07, 6.45) is 6.83. The summed E-state index contributed by atoms with van der Waals surface area (Å²) in [5.41, 5.74) is 1.53. The highest BCUT2D eigenvalue weighted by molar-refractivity contribution is 5.94. The van der Waals surface area contributed by atoms with E-state index in [-0.39, 0.29) is 18.6 Å². The fourth-order valence-electron chi connectivity index (χ4n) is 2.71. The van der Waals surface area contributed by atoms with Gasteiger partial charge in [0, 0.05) is 6.04 Å². The van der Waals surface area contributed by atoms with E-state index in [1.165, 1.54) is 12.8 Å². The van der Waals surface area contributed by atoms with E-state index in [9.17, 15) is 9.59 Å². The van der Waals surface area contributed by atoms with Crippen molar-refractivity contribution in [2.75, 3.05) is 6.61 Å². The number of oxazole rings is 1. The number of benzene rings is 1. The number of ether oxygens (including phenoxy) is 1. The molecule has 1 N–H and O–H groups in total. The summed E-state index contributed by atoms with van der Waals surface area (Å²) < 4.78 is 10.2. The number of hydrogen-bond acceptors (Lipinski definition) is 5. The van der Waals surface area contributed by atoms with Gasteiger partial charge < -0.3 is 14.5 Å². The summed E-state index contributed by atoms with van der Waals surface area (Å²) in [6.45, 7) is -0.260. The average molecular weight is 302 g/mol. The van der Waals surface area contributed by atoms with E-state index < -0.39 is 5.97 Å². The van der Waals surface area contributed by atoms with Gasteiger partial charge in [-0.05, 0) is 31.0 Å². The van der Waals surface area contributed by atoms with E-state index in [0.29, 0.717) is 16.7 Å². The van der Waals surface area contributed by atoms with Crippen molar-refractivity contribution in [2.45, 2.75) is 38.1 Å². The highest BCUT2D eigenvalue weighted by Crippen LogP contribution is 2.17. The van der Waals surface area contributed by atoms with Crippen molar-refractivity contribution in [3.63, 3.8) is 0 Å². The molecule has 1 fully saturated rings. The van der Waals surface area contributed by atoms with E-state index in [1.807, 2.05) is 0 Å². The van der Waals surface area contributed by atoms with E-state index in [1.54, 1.807) is 18.2 Å². The molecule has 0 aliphatic heterocycles. The summed E-state index contributed by atoms with van der Waals surface area (Å²) in [5.74, 6) is -0.793. The summed E-state index contributed by atoms with van der Waals surface area (Å²) in [5, 5.41) is 2.91. The van der Waals surface area contributed by atoms with E-state index in [4.69, 9.17) is 9.15 Å². The molecule has 0 radical (unpaired) electrons. The van der Waals surface area contributed by atoms with Gasteiger partial charge in [-0.3, -0.25) is 4.79 Å². The first kappa shape index (κ1) is 14.6. The second-order valence-electron chi connectivity index (χ2n) is 5.51. The lowest BCUT2D eigenvalue weighted by molar-refractivity contribution is -0.125. The van der Waals surface area contributed by atoms with E-state index in [2.05, 4.69) is 10.3 Å². The van der Waals surface area contributed by atoms with Crippen LogP contribution in [0.2, 0.25) is 0 Å². The van der Waals surface area contributed by atoms with Crippen molar-refractivity contribution in [2.24, 2.45) is 0 Å². The second kappa shape index (κ2) is 6.60. The largest absolute Gasteiger partial charge is 0.452 e. The van der Waals surface area contributed by atoms with Crippen LogP contribution in [0.3, 0.4) is 0 Å². The smallest absolute Gasteiger partial charge is 0.338 e. The van der Waals surface area contributed by atoms with E-state index >= 15 is 0 Å². The topological polar surface area (TPSA) is 81.4 Å². The number of nitrogens with one attached hydrogen (secondary N) is 1. The Labute approximate surface area is 127 Å². The molecule has 1 aromatic carbocycles. The van der Waals surface area contributed by atoms with Gasteiger partial charge in [-0.25, -0.2) is 9.78 Å². The highest BCUT2D eigenvalue weighted by atomic mass is 16.5. The molecule has 1 amide bonds. The molecule has 1 heterocycles. The monoisotopic (exact) mass is 302 g/mol. The van der Waals surface area contributed by atoms with Crippen LogP contribution in [0.1, 0.15) is 42.5 Å². The van der Waals surface area contributed by atoms with Gasteiger partial charge in [-0.2, -0.15) is 0 Å². The zero-order valence-corrected chi connectivity index (χ0v) is 12.2. The lowest BCUT2D eigenvalue weighted by atomic mass is 9.95. The zero-order valence-electron chi connectivity index (χ0n) is 12.2. The maximum atomic E-state index is 11.9. The number of hydrogen-bond donors (Lipinski definition) is 1. The third-order valence-electron chi connectivity index (χ3n) is 3.87. The number of amides is 1. The fraction of sp³-hybridized carbons (Fsp3) is 0.438. The third-order valence-corrected chi connectivity index (χ3v) is 3.87. The van der Waals surface area contributed by atoms with Gasteiger partial charge in [0.05, 0.1) is 5.56 Å². The van der Waals surface area contributed by atoms with Crippen LogP contribution in [-0.4, -0.2) is 29.5 Å². The Morgan fingerprint density at radius 3 is 2.91 bits per heavy atom. The Morgan fingerprint density at radius 2 is 2.09 bits per heavy atom. The second-order valence-corrected chi connectivity index (χ2v) is 5.51. The number of carbonyl (C=O) groups excluding carboxylic acids is 2. The summed E-state index contributed by atoms with van der Waals surface area (Å²) in [6, 6.07) is 5.05. The SMILES string of the molecule is O=C(COC(=O)c1ccc2ncoc2c1)NC1CCCCC1. The quantitative estimate of drug-likeness (QED) is 0.877. The molecule has 6 nitrogen and oxygen atoms in total. The van der Waals surface area contributed by atoms with Gasteiger partial charge in [0.1, 0.15) is 5.52 Å². The maximum absolute atomic E-state index is 11.9. The Hall–Kier alpha value is -2.37. The van der Waals surface area contributed by atoms with Crippen LogP contribution in [0.15, 0.2) is 29.0 Å². The highest BCUT2D eigenvalue weighted by Gasteiger charge is 2.17. The minimum atomic E-state index is -0.544. The molecular formula is C16H18N2O4. The molecule has 6 heteroatoms. The molecule has 2 aromatic rings. The molecule has 0 saturated heterocycles. The Bertz CT molecular complexity index is 674. The summed E-state index contributed by atoms with van der Waals surface area (Å²) in [4.78, 5) is 27.7. The fourth-order valence-corrected chi connectivity index (χ4v) is 2.71. The predicted molar refractivity (Wildman–Crippen MR) is 79.3 cm³/mol. The molecule has 0 unspecified atom stereocenters. The van der Waals surface area contributed by atoms with Gasteiger partial charge in [0.2, 0.25) is 0 Å². The first-order valence-corrected chi connectivity index (χ1v) is 7.52. The van der Waals surface area contributed by atoms with Crippen LogP contribution < -0.4 is 5.32 Å². The van der Waals surface area contributed by atoms with Crippen molar-refractivity contribution in [3.8, 4) is 0 Å². The minimum absolute atomic E-state index is 0.213. The normalized spacial score (nSPS) is 15.6. The predicted octanol–water partition coefficient (Wildman–Crippen LogP) is 2.43. The number of esters is 1. The van der Waals surface area contributed by atoms with Gasteiger partial charge in [0.25, 0.3) is 5.91 Å². The zero-order chi connectivity index (χ0) is 15.4. The molecule has 0 spiro atoms. The average Bonchev–Trinajstić information content (AvgIpc) is 3.01. The molecule has 3 rings (SSSR count). The van der Waals surface area contributed by atoms with Crippen LogP contribution in [-0.2, 0) is 9.53 Å². The molecule has 116 valence electrons. The Balaban J connectivity index is 1.51. The molecule has 1 aliphatic carbocycles. The van der Waals surface area contributed by atoms with Crippen molar-refractivity contribution in [3.05, 3.63) is 30.2 Å². The number of nitrogens with zero attached hydrogens (tertiary/aromatic N) is 1. The van der Waals surface area contributed by atoms with Crippen molar-refractivity contribution in [1.82, 2.24) is 10.3 Å². The van der Waals surface area contributed by atoms with Crippen molar-refractivity contribution in [1.29, 1.82) is 0 Å². The van der Waals surface area contributed by atoms with Crippen LogP contribution >= 0.6 is 0 Å².